The van der Waals surface area contributed by atoms with Crippen LogP contribution in [0, 0.1) is 21.4 Å². The lowest BCUT2D eigenvalue weighted by Gasteiger charge is -2.07. The molecule has 0 aliphatic heterocycles. The summed E-state index contributed by atoms with van der Waals surface area (Å²) in [6.07, 6.45) is 1.28. The Balaban J connectivity index is 1.82. The molecule has 0 fully saturated rings. The molecule has 30 heavy (non-hydrogen) atoms. The van der Waals surface area contributed by atoms with E-state index in [9.17, 15) is 20.2 Å². The first-order chi connectivity index (χ1) is 14.5. The number of ether oxygens (including phenoxy) is 1. The molecule has 0 unspecified atom stereocenters. The first-order valence-corrected chi connectivity index (χ1v) is 9.01. The van der Waals surface area contributed by atoms with Crippen LogP contribution >= 0.6 is 0 Å². The van der Waals surface area contributed by atoms with Crippen molar-refractivity contribution < 1.29 is 18.9 Å². The number of nitriles is 1. The first-order valence-electron chi connectivity index (χ1n) is 9.01. The predicted octanol–water partition coefficient (Wildman–Crippen LogP) is 4.80. The Morgan fingerprint density at radius 2 is 2.03 bits per heavy atom. The number of nitro groups is 1. The summed E-state index contributed by atoms with van der Waals surface area (Å²) in [6.45, 7) is 2.34. The van der Waals surface area contributed by atoms with E-state index < -0.39 is 10.8 Å². The molecule has 8 heteroatoms. The average Bonchev–Trinajstić information content (AvgIpc) is 3.21. The maximum absolute atomic E-state index is 12.5. The van der Waals surface area contributed by atoms with Crippen LogP contribution in [0.25, 0.3) is 17.4 Å². The molecule has 0 spiro atoms. The molecule has 1 aromatic heterocycles. The third kappa shape index (κ3) is 4.72. The molecule has 3 aromatic rings. The van der Waals surface area contributed by atoms with E-state index >= 15 is 0 Å². The number of hydrogen-bond donors (Lipinski definition) is 1. The van der Waals surface area contributed by atoms with Crippen LogP contribution in [0.15, 0.2) is 70.7 Å². The minimum absolute atomic E-state index is 0.102. The minimum Gasteiger partial charge on any atom is -0.494 e. The van der Waals surface area contributed by atoms with Crippen LogP contribution in [0.1, 0.15) is 12.7 Å². The molecule has 1 heterocycles. The van der Waals surface area contributed by atoms with E-state index in [0.29, 0.717) is 23.6 Å². The molecular weight excluding hydrogens is 386 g/mol. The maximum atomic E-state index is 12.5. The van der Waals surface area contributed by atoms with Gasteiger partial charge in [-0.1, -0.05) is 18.2 Å². The Bertz CT molecular complexity index is 1160. The molecule has 1 N–H and O–H groups in total. The summed E-state index contributed by atoms with van der Waals surface area (Å²) in [5.41, 5.74) is 0.500. The quantitative estimate of drug-likeness (QED) is 0.262. The van der Waals surface area contributed by atoms with E-state index in [2.05, 4.69) is 5.32 Å². The van der Waals surface area contributed by atoms with Crippen LogP contribution in [0.4, 0.5) is 11.4 Å². The Morgan fingerprint density at radius 3 is 2.77 bits per heavy atom. The second-order valence-electron chi connectivity index (χ2n) is 6.06. The molecule has 2 aromatic carbocycles. The van der Waals surface area contributed by atoms with Crippen molar-refractivity contribution in [2.45, 2.75) is 6.92 Å². The van der Waals surface area contributed by atoms with Crippen molar-refractivity contribution in [2.24, 2.45) is 0 Å². The van der Waals surface area contributed by atoms with Gasteiger partial charge >= 0.3 is 0 Å². The molecule has 0 saturated carbocycles. The SMILES string of the molecule is CCOc1cccc(NC(=O)C(C#N)=Cc2ccc(-c3ccccc3[N+](=O)[O-])o2)c1. The topological polar surface area (TPSA) is 118 Å². The number of carbonyl (C=O) groups excluding carboxylic acids is 1. The third-order valence-electron chi connectivity index (χ3n) is 4.05. The van der Waals surface area contributed by atoms with E-state index in [1.54, 1.807) is 48.5 Å². The molecule has 0 bridgehead atoms. The number of nitrogens with zero attached hydrogens (tertiary/aromatic N) is 2. The Labute approximate surface area is 172 Å². The highest BCUT2D eigenvalue weighted by Crippen LogP contribution is 2.31. The second kappa shape index (κ2) is 9.21. The average molecular weight is 403 g/mol. The third-order valence-corrected chi connectivity index (χ3v) is 4.05. The number of nitrogens with one attached hydrogen (secondary N) is 1. The number of benzene rings is 2. The smallest absolute Gasteiger partial charge is 0.280 e. The number of rotatable bonds is 7. The van der Waals surface area contributed by atoms with Gasteiger partial charge in [0.15, 0.2) is 0 Å². The normalized spacial score (nSPS) is 10.9. The van der Waals surface area contributed by atoms with Gasteiger partial charge in [-0.3, -0.25) is 14.9 Å². The maximum Gasteiger partial charge on any atom is 0.280 e. The fourth-order valence-electron chi connectivity index (χ4n) is 2.74. The van der Waals surface area contributed by atoms with E-state index in [1.807, 2.05) is 13.0 Å². The van der Waals surface area contributed by atoms with Crippen molar-refractivity contribution in [1.29, 1.82) is 5.26 Å². The number of nitro benzene ring substituents is 1. The standard InChI is InChI=1S/C22H17N3O5/c1-2-29-17-7-5-6-16(13-17)24-22(26)15(14-23)12-18-10-11-21(30-18)19-8-3-4-9-20(19)25(27)28/h3-13H,2H2,1H3,(H,24,26). The second-order valence-corrected chi connectivity index (χ2v) is 6.06. The number of amides is 1. The molecular formula is C22H17N3O5. The number of anilines is 1. The zero-order valence-electron chi connectivity index (χ0n) is 16.0. The zero-order valence-corrected chi connectivity index (χ0v) is 16.0. The van der Waals surface area contributed by atoms with Crippen LogP contribution in [-0.2, 0) is 4.79 Å². The van der Waals surface area contributed by atoms with Gasteiger partial charge in [0.25, 0.3) is 11.6 Å². The van der Waals surface area contributed by atoms with Gasteiger partial charge in [0.2, 0.25) is 0 Å². The van der Waals surface area contributed by atoms with Gasteiger partial charge in [0.05, 0.1) is 17.1 Å². The molecule has 8 nitrogen and oxygen atoms in total. The van der Waals surface area contributed by atoms with Gasteiger partial charge in [-0.15, -0.1) is 0 Å². The van der Waals surface area contributed by atoms with Gasteiger partial charge in [0.1, 0.15) is 28.9 Å². The fourth-order valence-corrected chi connectivity index (χ4v) is 2.74. The monoisotopic (exact) mass is 403 g/mol. The van der Waals surface area contributed by atoms with Crippen LogP contribution in [0.3, 0.4) is 0 Å². The fraction of sp³-hybridized carbons (Fsp3) is 0.0909. The van der Waals surface area contributed by atoms with Crippen molar-refractivity contribution in [1.82, 2.24) is 0 Å². The lowest BCUT2D eigenvalue weighted by Crippen LogP contribution is -2.13. The van der Waals surface area contributed by atoms with Crippen LogP contribution < -0.4 is 10.1 Å². The van der Waals surface area contributed by atoms with Crippen LogP contribution in [0.5, 0.6) is 5.75 Å². The zero-order chi connectivity index (χ0) is 21.5. The van der Waals surface area contributed by atoms with Gasteiger partial charge in [-0.2, -0.15) is 5.26 Å². The van der Waals surface area contributed by atoms with Crippen LogP contribution in [0.2, 0.25) is 0 Å². The number of furan rings is 1. The largest absolute Gasteiger partial charge is 0.494 e. The summed E-state index contributed by atoms with van der Waals surface area (Å²) in [4.78, 5) is 23.2. The first kappa shape index (κ1) is 20.4. The Kier molecular flexibility index (Phi) is 6.25. The van der Waals surface area contributed by atoms with E-state index in [0.717, 1.165) is 0 Å². The van der Waals surface area contributed by atoms with E-state index in [-0.39, 0.29) is 22.8 Å². The van der Waals surface area contributed by atoms with Gasteiger partial charge < -0.3 is 14.5 Å². The lowest BCUT2D eigenvalue weighted by molar-refractivity contribution is -0.384. The Morgan fingerprint density at radius 1 is 1.23 bits per heavy atom. The summed E-state index contributed by atoms with van der Waals surface area (Å²) < 4.78 is 11.0. The summed E-state index contributed by atoms with van der Waals surface area (Å²) >= 11 is 0. The summed E-state index contributed by atoms with van der Waals surface area (Å²) in [5.74, 6) is 0.460. The molecule has 150 valence electrons. The molecule has 0 aliphatic carbocycles. The minimum atomic E-state index is -0.616. The summed E-state index contributed by atoms with van der Waals surface area (Å²) in [6, 6.07) is 17.9. The highest BCUT2D eigenvalue weighted by atomic mass is 16.6. The van der Waals surface area contributed by atoms with Crippen molar-refractivity contribution in [2.75, 3.05) is 11.9 Å². The molecule has 3 rings (SSSR count). The number of hydrogen-bond acceptors (Lipinski definition) is 6. The molecule has 0 saturated heterocycles. The molecule has 1 amide bonds. The van der Waals surface area contributed by atoms with Crippen LogP contribution in [-0.4, -0.2) is 17.4 Å². The van der Waals surface area contributed by atoms with Crippen molar-refractivity contribution in [3.63, 3.8) is 0 Å². The molecule has 0 radical (unpaired) electrons. The Hall–Kier alpha value is -4.38. The van der Waals surface area contributed by atoms with E-state index in [4.69, 9.17) is 9.15 Å². The van der Waals surface area contributed by atoms with Crippen molar-refractivity contribution in [3.05, 3.63) is 82.1 Å². The van der Waals surface area contributed by atoms with Gasteiger partial charge in [0, 0.05) is 23.9 Å². The van der Waals surface area contributed by atoms with E-state index in [1.165, 1.54) is 18.2 Å². The lowest BCUT2D eigenvalue weighted by atomic mass is 10.1. The van der Waals surface area contributed by atoms with Gasteiger partial charge in [-0.05, 0) is 37.3 Å². The molecule has 0 aliphatic rings. The highest BCUT2D eigenvalue weighted by molar-refractivity contribution is 6.09. The van der Waals surface area contributed by atoms with Crippen molar-refractivity contribution in [3.8, 4) is 23.1 Å². The summed E-state index contributed by atoms with van der Waals surface area (Å²) in [5, 5.41) is 23.2. The molecule has 0 atom stereocenters. The number of para-hydroxylation sites is 1. The van der Waals surface area contributed by atoms with Crippen molar-refractivity contribution >= 4 is 23.4 Å². The highest BCUT2D eigenvalue weighted by Gasteiger charge is 2.17. The van der Waals surface area contributed by atoms with Gasteiger partial charge in [-0.25, -0.2) is 0 Å². The predicted molar refractivity (Wildman–Crippen MR) is 111 cm³/mol. The number of carbonyl (C=O) groups is 1. The summed E-state index contributed by atoms with van der Waals surface area (Å²) in [7, 11) is 0.